The van der Waals surface area contributed by atoms with Gasteiger partial charge in [-0.2, -0.15) is 0 Å². The van der Waals surface area contributed by atoms with Crippen molar-refractivity contribution in [2.75, 3.05) is 0 Å². The van der Waals surface area contributed by atoms with Gasteiger partial charge in [-0.3, -0.25) is 9.59 Å². The highest BCUT2D eigenvalue weighted by Gasteiger charge is 2.59. The maximum Gasteiger partial charge on any atom is 0.238 e. The Hall–Kier alpha value is 0.650. The van der Waals surface area contributed by atoms with Crippen LogP contribution >= 0.6 is 90.4 Å². The Morgan fingerprint density at radius 2 is 0.926 bits per heavy atom. The molecule has 0 aliphatic heterocycles. The molecule has 0 atom stereocenters. The maximum atomic E-state index is 13.4. The molecule has 0 aliphatic rings. The summed E-state index contributed by atoms with van der Waals surface area (Å²) in [6.07, 6.45) is 0. The number of carbonyl (C=O) groups excluding carboxylic acids is 2. The van der Waals surface area contributed by atoms with Crippen molar-refractivity contribution in [1.29, 1.82) is 0 Å². The van der Waals surface area contributed by atoms with Crippen molar-refractivity contribution in [3.63, 3.8) is 0 Å². The summed E-state index contributed by atoms with van der Waals surface area (Å²) in [5.41, 5.74) is 2.51. The number of aryl methyl sites for hydroxylation is 2. The minimum Gasteiger partial charge on any atom is -0.291 e. The fraction of sp³-hybridized carbons (Fsp3) is 0.222. The topological polar surface area (TPSA) is 68.3 Å². The van der Waals surface area contributed by atoms with Crippen LogP contribution in [0.15, 0.2) is 48.5 Å². The van der Waals surface area contributed by atoms with Crippen molar-refractivity contribution in [1.82, 2.24) is 0 Å². The summed E-state index contributed by atoms with van der Waals surface area (Å²) < 4.78 is 23.1. The van der Waals surface area contributed by atoms with E-state index in [-0.39, 0.29) is 0 Å². The molecule has 0 spiro atoms. The Bertz CT molecular complexity index is 904. The van der Waals surface area contributed by atoms with Crippen molar-refractivity contribution in [3.05, 3.63) is 70.8 Å². The molecule has 2 rings (SSSR count). The summed E-state index contributed by atoms with van der Waals surface area (Å²) in [5, 5.41) is 0. The number of benzene rings is 2. The van der Waals surface area contributed by atoms with E-state index in [2.05, 4.69) is 0 Å². The number of ketones is 2. The quantitative estimate of drug-likeness (QED) is 0.209. The van der Waals surface area contributed by atoms with E-state index < -0.39 is 22.9 Å². The fourth-order valence-electron chi connectivity index (χ4n) is 2.15. The van der Waals surface area contributed by atoms with E-state index in [4.69, 9.17) is 0 Å². The summed E-state index contributed by atoms with van der Waals surface area (Å²) in [7, 11) is -4.21. The van der Waals surface area contributed by atoms with Gasteiger partial charge >= 0.3 is 0 Å². The van der Waals surface area contributed by atoms with Crippen LogP contribution in [0.3, 0.4) is 0 Å². The van der Waals surface area contributed by atoms with Crippen LogP contribution in [0.4, 0.5) is 0 Å². The smallest absolute Gasteiger partial charge is 0.238 e. The van der Waals surface area contributed by atoms with Gasteiger partial charge in [0, 0.05) is 11.1 Å². The van der Waals surface area contributed by atoms with E-state index in [0.29, 0.717) is 11.1 Å². The average Bonchev–Trinajstić information content (AvgIpc) is 2.61. The van der Waals surface area contributed by atoms with E-state index in [1.165, 1.54) is 0 Å². The molecule has 4 nitrogen and oxygen atoms in total. The van der Waals surface area contributed by atoms with Crippen molar-refractivity contribution in [3.8, 4) is 0 Å². The number of halogens is 4. The summed E-state index contributed by atoms with van der Waals surface area (Å²) in [6, 6.07) is 13.4. The molecule has 0 fully saturated rings. The van der Waals surface area contributed by atoms with Crippen LogP contribution < -0.4 is 0 Å². The van der Waals surface area contributed by atoms with Gasteiger partial charge in [0.15, 0.2) is 0 Å². The molecule has 0 aliphatic carbocycles. The number of carbonyl (C=O) groups is 2. The zero-order valence-corrected chi connectivity index (χ0v) is 23.6. The van der Waals surface area contributed by atoms with Crippen molar-refractivity contribution in [2.45, 2.75) is 15.4 Å². The van der Waals surface area contributed by atoms with Gasteiger partial charge in [-0.1, -0.05) is 59.7 Å². The van der Waals surface area contributed by atoms with Crippen LogP contribution in [0, 0.1) is 13.8 Å². The molecule has 0 N–H and O–H groups in total. The van der Waals surface area contributed by atoms with E-state index >= 15 is 0 Å². The summed E-state index contributed by atoms with van der Waals surface area (Å²) >= 11 is 6.51. The third-order valence-electron chi connectivity index (χ3n) is 3.83. The SMILES string of the molecule is Cc1ccc(C(=O)C(I)(I)S(=O)(=O)C(I)(I)C(=O)c2ccc(C)cc2)cc1. The largest absolute Gasteiger partial charge is 0.291 e. The predicted octanol–water partition coefficient (Wildman–Crippen LogP) is 5.83. The Labute approximate surface area is 213 Å². The lowest BCUT2D eigenvalue weighted by Gasteiger charge is -2.28. The summed E-state index contributed by atoms with van der Waals surface area (Å²) in [5.74, 6) is -1.11. The summed E-state index contributed by atoms with van der Waals surface area (Å²) in [6.45, 7) is 3.76. The molecule has 0 radical (unpaired) electrons. The van der Waals surface area contributed by atoms with Crippen molar-refractivity contribution in [2.24, 2.45) is 0 Å². The lowest BCUT2D eigenvalue weighted by Crippen LogP contribution is -2.47. The van der Waals surface area contributed by atoms with Crippen LogP contribution in [0.2, 0.25) is 0 Å². The molecule has 2 aromatic rings. The molecule has 144 valence electrons. The molecule has 0 saturated carbocycles. The normalized spacial score (nSPS) is 12.7. The molecular formula is C18H14I4O4S. The van der Waals surface area contributed by atoms with Crippen LogP contribution in [-0.4, -0.2) is 21.5 Å². The molecule has 0 aromatic heterocycles. The zero-order valence-electron chi connectivity index (χ0n) is 14.2. The highest BCUT2D eigenvalue weighted by molar-refractivity contribution is 14.2. The number of hydrogen-bond donors (Lipinski definition) is 0. The first-order valence-electron chi connectivity index (χ1n) is 7.55. The van der Waals surface area contributed by atoms with E-state index in [0.717, 1.165) is 11.1 Å². The van der Waals surface area contributed by atoms with E-state index in [1.54, 1.807) is 139 Å². The minimum absolute atomic E-state index is 0.291. The lowest BCUT2D eigenvalue weighted by atomic mass is 10.1. The van der Waals surface area contributed by atoms with E-state index in [9.17, 15) is 18.0 Å². The number of alkyl halides is 4. The zero-order chi connectivity index (χ0) is 20.6. The van der Waals surface area contributed by atoms with Crippen LogP contribution in [-0.2, 0) is 9.84 Å². The number of rotatable bonds is 6. The molecule has 0 bridgehead atoms. The highest BCUT2D eigenvalue weighted by Crippen LogP contribution is 2.50. The first-order chi connectivity index (χ1) is 12.3. The first kappa shape index (κ1) is 23.9. The Morgan fingerprint density at radius 3 is 1.19 bits per heavy atom. The molecular weight excluding hydrogens is 820 g/mol. The van der Waals surface area contributed by atoms with Gasteiger partial charge in [-0.25, -0.2) is 8.42 Å². The molecule has 0 amide bonds. The molecule has 0 unspecified atom stereocenters. The third-order valence-corrected chi connectivity index (χ3v) is 14.5. The van der Waals surface area contributed by atoms with E-state index in [1.807, 2.05) is 13.8 Å². The van der Waals surface area contributed by atoms with Crippen LogP contribution in [0.5, 0.6) is 0 Å². The standard InChI is InChI=1S/C18H14I4O4S/c1-11-3-7-13(8-4-11)15(23)17(19,20)27(25,26)18(21,22)16(24)14-9-5-12(2)6-10-14/h3-10H,1-2H3. The average molecular weight is 834 g/mol. The molecule has 0 heterocycles. The highest BCUT2D eigenvalue weighted by atomic mass is 127. The van der Waals surface area contributed by atoms with Crippen molar-refractivity contribution >= 4 is 112 Å². The Balaban J connectivity index is 2.47. The van der Waals surface area contributed by atoms with Crippen molar-refractivity contribution < 1.29 is 18.0 Å². The molecule has 27 heavy (non-hydrogen) atoms. The van der Waals surface area contributed by atoms with Gasteiger partial charge in [0.2, 0.25) is 22.9 Å². The molecule has 9 heteroatoms. The van der Waals surface area contributed by atoms with Gasteiger partial charge in [-0.15, -0.1) is 0 Å². The Morgan fingerprint density at radius 1 is 0.667 bits per heavy atom. The first-order valence-corrected chi connectivity index (χ1v) is 13.3. The number of hydrogen-bond acceptors (Lipinski definition) is 4. The Kier molecular flexibility index (Phi) is 7.79. The summed E-state index contributed by atoms with van der Waals surface area (Å²) in [4.78, 5) is 25.9. The molecule has 2 aromatic carbocycles. The second-order valence-corrected chi connectivity index (χ2v) is 21.7. The van der Waals surface area contributed by atoms with Gasteiger partial charge in [0.1, 0.15) is 0 Å². The second-order valence-electron chi connectivity index (χ2n) is 5.93. The predicted molar refractivity (Wildman–Crippen MR) is 141 cm³/mol. The lowest BCUT2D eigenvalue weighted by molar-refractivity contribution is 0.101. The van der Waals surface area contributed by atoms with Gasteiger partial charge in [0.25, 0.3) is 0 Å². The van der Waals surface area contributed by atoms with Gasteiger partial charge in [0.05, 0.1) is 0 Å². The molecule has 0 saturated heterocycles. The third kappa shape index (κ3) is 4.71. The van der Waals surface area contributed by atoms with Gasteiger partial charge < -0.3 is 0 Å². The monoisotopic (exact) mass is 834 g/mol. The van der Waals surface area contributed by atoms with Crippen LogP contribution in [0.1, 0.15) is 31.8 Å². The number of Topliss-reactive ketones (excluding diaryl/α,β-unsaturated/α-hetero) is 2. The number of sulfone groups is 1. The second kappa shape index (κ2) is 8.79. The van der Waals surface area contributed by atoms with Crippen LogP contribution in [0.25, 0.3) is 0 Å². The fourth-order valence-corrected chi connectivity index (χ4v) is 13.5. The maximum absolute atomic E-state index is 13.4. The van der Waals surface area contributed by atoms with Gasteiger partial charge in [-0.05, 0) is 104 Å². The minimum atomic E-state index is -4.21.